The number of carbonyl (C=O) groups excluding carboxylic acids is 2. The van der Waals surface area contributed by atoms with Crippen LogP contribution in [0.1, 0.15) is 66.1 Å². The maximum absolute atomic E-state index is 13.7. The lowest BCUT2D eigenvalue weighted by Gasteiger charge is -2.26. The van der Waals surface area contributed by atoms with Gasteiger partial charge in [-0.3, -0.25) is 14.4 Å². The minimum absolute atomic E-state index is 0.0373. The Morgan fingerprint density at radius 3 is 2.43 bits per heavy atom. The number of fused-ring (bicyclic) bond motifs is 1. The molecule has 0 aliphatic heterocycles. The van der Waals surface area contributed by atoms with Gasteiger partial charge in [-0.1, -0.05) is 37.3 Å². The third kappa shape index (κ3) is 4.89. The number of nitrogens with one attached hydrogen (secondary N) is 1. The number of aromatic nitrogens is 2. The molecule has 0 unspecified atom stereocenters. The summed E-state index contributed by atoms with van der Waals surface area (Å²) in [4.78, 5) is 40.0. The molecular formula is C27H33N3O5. The van der Waals surface area contributed by atoms with Crippen molar-refractivity contribution in [2.75, 3.05) is 6.61 Å². The molecule has 8 nitrogen and oxygen atoms in total. The quantitative estimate of drug-likeness (QED) is 0.483. The summed E-state index contributed by atoms with van der Waals surface area (Å²) >= 11 is 0. The van der Waals surface area contributed by atoms with Crippen LogP contribution in [0, 0.1) is 0 Å². The Hall–Kier alpha value is -3.39. The molecule has 0 atom stereocenters. The fourth-order valence-electron chi connectivity index (χ4n) is 4.89. The molecule has 4 rings (SSSR count). The standard InChI is InChI=1S/C27H33N3O5/c1-4-19-15-21-23(27(34)30(19)16-22(32)17-9-7-6-8-10-17)25(35-5-2)24(29(21)3)26(33)28-18-11-13-20(31)14-12-18/h6-10,15,18,20,31H,4-5,11-14,16H2,1-3H3,(H,28,33)/t18-,20-. The van der Waals surface area contributed by atoms with E-state index in [0.29, 0.717) is 60.0 Å². The largest absolute Gasteiger partial charge is 0.491 e. The van der Waals surface area contributed by atoms with Crippen LogP contribution in [0.5, 0.6) is 5.75 Å². The van der Waals surface area contributed by atoms with Crippen molar-refractivity contribution in [3.63, 3.8) is 0 Å². The molecule has 0 spiro atoms. The number of ether oxygens (including phenoxy) is 1. The molecule has 0 bridgehead atoms. The first-order chi connectivity index (χ1) is 16.8. The lowest BCUT2D eigenvalue weighted by Crippen LogP contribution is -2.39. The van der Waals surface area contributed by atoms with Gasteiger partial charge in [-0.25, -0.2) is 0 Å². The van der Waals surface area contributed by atoms with E-state index in [1.807, 2.05) is 19.1 Å². The van der Waals surface area contributed by atoms with Crippen molar-refractivity contribution in [2.45, 2.75) is 64.6 Å². The van der Waals surface area contributed by atoms with Crippen molar-refractivity contribution in [3.05, 3.63) is 63.7 Å². The molecule has 0 saturated heterocycles. The summed E-state index contributed by atoms with van der Waals surface area (Å²) in [6.45, 7) is 3.93. The van der Waals surface area contributed by atoms with Crippen molar-refractivity contribution < 1.29 is 19.4 Å². The van der Waals surface area contributed by atoms with Gasteiger partial charge in [0.1, 0.15) is 5.39 Å². The van der Waals surface area contributed by atoms with Gasteiger partial charge in [0.25, 0.3) is 11.5 Å². The molecule has 35 heavy (non-hydrogen) atoms. The van der Waals surface area contributed by atoms with E-state index in [2.05, 4.69) is 5.32 Å². The molecule has 3 aromatic rings. The van der Waals surface area contributed by atoms with E-state index in [1.54, 1.807) is 42.8 Å². The fraction of sp³-hybridized carbons (Fsp3) is 0.444. The minimum atomic E-state index is -0.345. The molecule has 2 aromatic heterocycles. The molecule has 1 aromatic carbocycles. The Morgan fingerprint density at radius 1 is 1.11 bits per heavy atom. The highest BCUT2D eigenvalue weighted by Crippen LogP contribution is 2.32. The number of carbonyl (C=O) groups is 2. The Bertz CT molecular complexity index is 1280. The highest BCUT2D eigenvalue weighted by Gasteiger charge is 2.29. The fourth-order valence-corrected chi connectivity index (χ4v) is 4.89. The van der Waals surface area contributed by atoms with Crippen molar-refractivity contribution in [3.8, 4) is 5.75 Å². The maximum atomic E-state index is 13.7. The van der Waals surface area contributed by atoms with Crippen molar-refractivity contribution in [1.29, 1.82) is 0 Å². The summed E-state index contributed by atoms with van der Waals surface area (Å²) in [6, 6.07) is 10.7. The van der Waals surface area contributed by atoms with Gasteiger partial charge in [0.2, 0.25) is 0 Å². The summed E-state index contributed by atoms with van der Waals surface area (Å²) in [7, 11) is 1.75. The van der Waals surface area contributed by atoms with Gasteiger partial charge in [0.15, 0.2) is 17.2 Å². The van der Waals surface area contributed by atoms with Crippen molar-refractivity contribution in [2.24, 2.45) is 7.05 Å². The van der Waals surface area contributed by atoms with E-state index < -0.39 is 0 Å². The molecule has 1 saturated carbocycles. The first kappa shape index (κ1) is 24.7. The van der Waals surface area contributed by atoms with E-state index in [9.17, 15) is 19.5 Å². The molecule has 2 N–H and O–H groups in total. The number of Topliss-reactive ketones (excluding diaryl/α,β-unsaturated/α-hetero) is 1. The van der Waals surface area contributed by atoms with Crippen molar-refractivity contribution in [1.82, 2.24) is 14.5 Å². The molecule has 2 heterocycles. The number of ketones is 1. The second-order valence-electron chi connectivity index (χ2n) is 9.08. The van der Waals surface area contributed by atoms with Crippen LogP contribution in [-0.4, -0.2) is 44.7 Å². The number of rotatable bonds is 8. The SMILES string of the molecule is CCOc1c(C(=O)N[C@H]2CC[C@H](O)CC2)n(C)c2cc(CC)n(CC(=O)c3ccccc3)c(=O)c12. The number of aliphatic hydroxyl groups excluding tert-OH is 1. The summed E-state index contributed by atoms with van der Waals surface area (Å²) in [5, 5.41) is 13.1. The van der Waals surface area contributed by atoms with Gasteiger partial charge in [-0.2, -0.15) is 0 Å². The van der Waals surface area contributed by atoms with Gasteiger partial charge < -0.3 is 24.3 Å². The average Bonchev–Trinajstić information content (AvgIpc) is 3.14. The molecule has 1 aliphatic carbocycles. The van der Waals surface area contributed by atoms with Crippen LogP contribution in [-0.2, 0) is 20.0 Å². The molecular weight excluding hydrogens is 446 g/mol. The molecule has 1 fully saturated rings. The highest BCUT2D eigenvalue weighted by atomic mass is 16.5. The van der Waals surface area contributed by atoms with E-state index in [1.165, 1.54) is 4.57 Å². The molecule has 8 heteroatoms. The Labute approximate surface area is 204 Å². The zero-order valence-corrected chi connectivity index (χ0v) is 20.5. The normalized spacial score (nSPS) is 17.9. The smallest absolute Gasteiger partial charge is 0.272 e. The van der Waals surface area contributed by atoms with Crippen LogP contribution in [0.15, 0.2) is 41.2 Å². The van der Waals surface area contributed by atoms with Crippen LogP contribution >= 0.6 is 0 Å². The average molecular weight is 480 g/mol. The second kappa shape index (κ2) is 10.5. The van der Waals surface area contributed by atoms with Crippen LogP contribution in [0.4, 0.5) is 0 Å². The first-order valence-electron chi connectivity index (χ1n) is 12.3. The van der Waals surface area contributed by atoms with Crippen LogP contribution < -0.4 is 15.6 Å². The summed E-state index contributed by atoms with van der Waals surface area (Å²) < 4.78 is 9.07. The second-order valence-corrected chi connectivity index (χ2v) is 9.08. The molecule has 1 amide bonds. The number of nitrogens with zero attached hydrogens (tertiary/aromatic N) is 2. The molecule has 186 valence electrons. The zero-order chi connectivity index (χ0) is 25.1. The summed E-state index contributed by atoms with van der Waals surface area (Å²) in [6.07, 6.45) is 2.94. The Morgan fingerprint density at radius 2 is 1.80 bits per heavy atom. The van der Waals surface area contributed by atoms with Crippen LogP contribution in [0.2, 0.25) is 0 Å². The number of aliphatic hydroxyl groups is 1. The molecule has 0 radical (unpaired) electrons. The lowest BCUT2D eigenvalue weighted by molar-refractivity contribution is 0.0857. The number of hydrogen-bond acceptors (Lipinski definition) is 5. The number of hydrogen-bond donors (Lipinski definition) is 2. The van der Waals surface area contributed by atoms with Gasteiger partial charge in [0.05, 0.1) is 24.8 Å². The van der Waals surface area contributed by atoms with Gasteiger partial charge >= 0.3 is 0 Å². The lowest BCUT2D eigenvalue weighted by atomic mass is 9.93. The zero-order valence-electron chi connectivity index (χ0n) is 20.5. The van der Waals surface area contributed by atoms with Gasteiger partial charge in [-0.15, -0.1) is 0 Å². The number of amides is 1. The molecule has 1 aliphatic rings. The van der Waals surface area contributed by atoms with Gasteiger partial charge in [-0.05, 0) is 45.1 Å². The van der Waals surface area contributed by atoms with E-state index in [0.717, 1.165) is 0 Å². The highest BCUT2D eigenvalue weighted by molar-refractivity contribution is 6.04. The van der Waals surface area contributed by atoms with Gasteiger partial charge in [0, 0.05) is 24.3 Å². The number of aryl methyl sites for hydroxylation is 2. The monoisotopic (exact) mass is 479 g/mol. The Kier molecular flexibility index (Phi) is 7.40. The predicted octanol–water partition coefficient (Wildman–Crippen LogP) is 3.22. The summed E-state index contributed by atoms with van der Waals surface area (Å²) in [5.74, 6) is -0.224. The van der Waals surface area contributed by atoms with Crippen LogP contribution in [0.25, 0.3) is 10.9 Å². The number of pyridine rings is 1. The first-order valence-corrected chi connectivity index (χ1v) is 12.3. The third-order valence-corrected chi connectivity index (χ3v) is 6.80. The third-order valence-electron chi connectivity index (χ3n) is 6.80. The summed E-state index contributed by atoms with van der Waals surface area (Å²) in [5.41, 5.74) is 1.80. The predicted molar refractivity (Wildman–Crippen MR) is 134 cm³/mol. The van der Waals surface area contributed by atoms with E-state index in [-0.39, 0.29) is 48.3 Å². The minimum Gasteiger partial charge on any atom is -0.491 e. The van der Waals surface area contributed by atoms with Crippen molar-refractivity contribution >= 4 is 22.6 Å². The van der Waals surface area contributed by atoms with Crippen LogP contribution in [0.3, 0.4) is 0 Å². The Balaban J connectivity index is 1.78. The van der Waals surface area contributed by atoms with E-state index in [4.69, 9.17) is 4.74 Å². The van der Waals surface area contributed by atoms with E-state index >= 15 is 0 Å². The maximum Gasteiger partial charge on any atom is 0.272 e. The number of benzene rings is 1. The topological polar surface area (TPSA) is 103 Å².